The van der Waals surface area contributed by atoms with Gasteiger partial charge < -0.3 is 10.2 Å². The van der Waals surface area contributed by atoms with Gasteiger partial charge in [-0.05, 0) is 44.3 Å². The largest absolute Gasteiger partial charge is 0.337 e. The van der Waals surface area contributed by atoms with Crippen molar-refractivity contribution in [3.63, 3.8) is 0 Å². The maximum Gasteiger partial charge on any atom is 0.254 e. The Balaban J connectivity index is 0.00000140. The van der Waals surface area contributed by atoms with Gasteiger partial charge in [-0.15, -0.1) is 36.2 Å². The Bertz CT molecular complexity index is 935. The van der Waals surface area contributed by atoms with E-state index in [-0.39, 0.29) is 42.8 Å². The summed E-state index contributed by atoms with van der Waals surface area (Å²) in [5, 5.41) is 10.7. The van der Waals surface area contributed by atoms with E-state index in [1.807, 2.05) is 40.2 Å². The lowest BCUT2D eigenvalue weighted by atomic mass is 10.1. The van der Waals surface area contributed by atoms with Crippen LogP contribution >= 0.6 is 36.2 Å². The first-order valence-electron chi connectivity index (χ1n) is 8.96. The van der Waals surface area contributed by atoms with Crippen molar-refractivity contribution in [1.82, 2.24) is 25.0 Å². The number of nitrogens with zero attached hydrogens (tertiary/aromatic N) is 4. The van der Waals surface area contributed by atoms with Crippen molar-refractivity contribution in [3.8, 4) is 10.6 Å². The normalized spacial score (nSPS) is 16.1. The summed E-state index contributed by atoms with van der Waals surface area (Å²) in [5.74, 6) is 0.0345. The highest BCUT2D eigenvalue weighted by Crippen LogP contribution is 2.29. The number of amides is 1. The van der Waals surface area contributed by atoms with Crippen molar-refractivity contribution in [1.29, 1.82) is 0 Å². The lowest BCUT2D eigenvalue weighted by Gasteiger charge is -2.24. The first kappa shape index (κ1) is 22.6. The lowest BCUT2D eigenvalue weighted by Crippen LogP contribution is -2.38. The smallest absolute Gasteiger partial charge is 0.254 e. The summed E-state index contributed by atoms with van der Waals surface area (Å²) >= 11 is 1.63. The number of nitrogens with one attached hydrogen (secondary N) is 1. The molecule has 1 atom stereocenters. The number of fused-ring (bicyclic) bond motifs is 1. The van der Waals surface area contributed by atoms with Crippen molar-refractivity contribution >= 4 is 53.1 Å². The predicted molar refractivity (Wildman–Crippen MR) is 119 cm³/mol. The van der Waals surface area contributed by atoms with Gasteiger partial charge in [-0.1, -0.05) is 6.07 Å². The van der Waals surface area contributed by atoms with Gasteiger partial charge in [-0.3, -0.25) is 4.79 Å². The number of hydrogen-bond acceptors (Lipinski definition) is 5. The zero-order chi connectivity index (χ0) is 18.3. The van der Waals surface area contributed by atoms with Gasteiger partial charge in [0.15, 0.2) is 5.65 Å². The molecule has 1 fully saturated rings. The number of aromatic nitrogens is 3. The van der Waals surface area contributed by atoms with Crippen LogP contribution in [0.2, 0.25) is 0 Å². The second-order valence-electron chi connectivity index (χ2n) is 7.02. The van der Waals surface area contributed by atoms with E-state index in [1.54, 1.807) is 17.5 Å². The number of pyridine rings is 1. The van der Waals surface area contributed by atoms with E-state index in [0.717, 1.165) is 41.1 Å². The Hall–Kier alpha value is -1.67. The van der Waals surface area contributed by atoms with Crippen LogP contribution in [-0.4, -0.2) is 51.8 Å². The highest BCUT2D eigenvalue weighted by atomic mass is 35.5. The van der Waals surface area contributed by atoms with Crippen LogP contribution in [0.25, 0.3) is 21.6 Å². The van der Waals surface area contributed by atoms with Crippen LogP contribution in [-0.2, 0) is 0 Å². The van der Waals surface area contributed by atoms with Gasteiger partial charge in [0, 0.05) is 25.7 Å². The molecule has 4 heterocycles. The molecular weight excluding hydrogens is 417 g/mol. The van der Waals surface area contributed by atoms with Crippen LogP contribution in [0.1, 0.15) is 36.7 Å². The van der Waals surface area contributed by atoms with Crippen molar-refractivity contribution in [2.24, 2.45) is 0 Å². The molecule has 1 saturated heterocycles. The molecule has 6 nitrogen and oxygen atoms in total. The van der Waals surface area contributed by atoms with E-state index >= 15 is 0 Å². The number of likely N-dealkylation sites (N-methyl/N-ethyl adjacent to an activating group) is 1. The summed E-state index contributed by atoms with van der Waals surface area (Å²) in [7, 11) is 1.89. The van der Waals surface area contributed by atoms with Gasteiger partial charge in [-0.2, -0.15) is 5.10 Å². The summed E-state index contributed by atoms with van der Waals surface area (Å²) in [6, 6.07) is 6.37. The number of thiophene rings is 1. The monoisotopic (exact) mass is 441 g/mol. The van der Waals surface area contributed by atoms with E-state index in [1.165, 1.54) is 0 Å². The molecule has 0 saturated carbocycles. The molecule has 0 spiro atoms. The van der Waals surface area contributed by atoms with Crippen LogP contribution in [0.15, 0.2) is 29.8 Å². The fraction of sp³-hybridized carbons (Fsp3) is 0.421. The molecule has 1 N–H and O–H groups in total. The molecule has 28 heavy (non-hydrogen) atoms. The maximum atomic E-state index is 13.3. The number of hydrogen-bond donors (Lipinski definition) is 1. The van der Waals surface area contributed by atoms with Gasteiger partial charge in [0.1, 0.15) is 0 Å². The second-order valence-corrected chi connectivity index (χ2v) is 7.96. The van der Waals surface area contributed by atoms with Crippen LogP contribution < -0.4 is 5.32 Å². The van der Waals surface area contributed by atoms with Gasteiger partial charge in [0.05, 0.1) is 27.7 Å². The van der Waals surface area contributed by atoms with E-state index in [9.17, 15) is 4.79 Å². The van der Waals surface area contributed by atoms with Crippen LogP contribution in [0.4, 0.5) is 0 Å². The fourth-order valence-electron chi connectivity index (χ4n) is 3.45. The van der Waals surface area contributed by atoms with E-state index in [0.29, 0.717) is 5.56 Å². The number of carbonyl (C=O) groups excluding carboxylic acids is 1. The highest BCUT2D eigenvalue weighted by molar-refractivity contribution is 7.13. The number of rotatable bonds is 4. The summed E-state index contributed by atoms with van der Waals surface area (Å²) in [5.41, 5.74) is 2.28. The van der Waals surface area contributed by atoms with Crippen LogP contribution in [0, 0.1) is 0 Å². The zero-order valence-electron chi connectivity index (χ0n) is 16.1. The summed E-state index contributed by atoms with van der Waals surface area (Å²) < 4.78 is 1.89. The average Bonchev–Trinajstić information content (AvgIpc) is 3.40. The molecule has 9 heteroatoms. The van der Waals surface area contributed by atoms with Crippen molar-refractivity contribution < 1.29 is 4.79 Å². The third kappa shape index (κ3) is 4.03. The van der Waals surface area contributed by atoms with E-state index < -0.39 is 0 Å². The summed E-state index contributed by atoms with van der Waals surface area (Å²) in [4.78, 5) is 21.0. The van der Waals surface area contributed by atoms with E-state index in [2.05, 4.69) is 24.3 Å². The van der Waals surface area contributed by atoms with Crippen molar-refractivity contribution in [3.05, 3.63) is 35.3 Å². The molecule has 3 aromatic rings. The van der Waals surface area contributed by atoms with Crippen LogP contribution in [0.5, 0.6) is 0 Å². The Morgan fingerprint density at radius 3 is 2.79 bits per heavy atom. The predicted octanol–water partition coefficient (Wildman–Crippen LogP) is 4.02. The molecule has 0 aromatic carbocycles. The van der Waals surface area contributed by atoms with Gasteiger partial charge >= 0.3 is 0 Å². The standard InChI is InChI=1S/C19H23N5OS.2ClH/c1-12(2)24-18-15(11-21-24)14(9-16(22-18)17-5-4-8-26-17)19(25)23(3)13-6-7-20-10-13;;/h4-5,8-9,11-13,20H,6-7,10H2,1-3H3;2*1H. The molecule has 0 radical (unpaired) electrons. The molecule has 1 aliphatic rings. The summed E-state index contributed by atoms with van der Waals surface area (Å²) in [6.07, 6.45) is 2.76. The summed E-state index contributed by atoms with van der Waals surface area (Å²) in [6.45, 7) is 5.95. The lowest BCUT2D eigenvalue weighted by molar-refractivity contribution is 0.0745. The minimum absolute atomic E-state index is 0. The Labute approximate surface area is 181 Å². The molecule has 1 aliphatic heterocycles. The van der Waals surface area contributed by atoms with Gasteiger partial charge in [0.2, 0.25) is 0 Å². The van der Waals surface area contributed by atoms with Crippen LogP contribution in [0.3, 0.4) is 0 Å². The number of carbonyl (C=O) groups is 1. The molecule has 152 valence electrons. The second kappa shape index (κ2) is 9.22. The third-order valence-electron chi connectivity index (χ3n) is 4.96. The topological polar surface area (TPSA) is 63.1 Å². The molecule has 0 bridgehead atoms. The molecule has 1 amide bonds. The Morgan fingerprint density at radius 1 is 1.39 bits per heavy atom. The SMILES string of the molecule is CC(C)n1ncc2c(C(=O)N(C)C3CCNC3)cc(-c3cccs3)nc21.Cl.Cl. The Morgan fingerprint density at radius 2 is 2.18 bits per heavy atom. The minimum Gasteiger partial charge on any atom is -0.337 e. The quantitative estimate of drug-likeness (QED) is 0.663. The zero-order valence-corrected chi connectivity index (χ0v) is 18.5. The maximum absolute atomic E-state index is 13.3. The molecular formula is C19H25Cl2N5OS. The first-order valence-corrected chi connectivity index (χ1v) is 9.84. The van der Waals surface area contributed by atoms with Crippen molar-refractivity contribution in [2.45, 2.75) is 32.4 Å². The molecule has 1 unspecified atom stereocenters. The fourth-order valence-corrected chi connectivity index (χ4v) is 4.14. The first-order chi connectivity index (χ1) is 12.6. The third-order valence-corrected chi connectivity index (χ3v) is 5.85. The van der Waals surface area contributed by atoms with E-state index in [4.69, 9.17) is 4.98 Å². The van der Waals surface area contributed by atoms with Crippen molar-refractivity contribution in [2.75, 3.05) is 20.1 Å². The average molecular weight is 442 g/mol. The highest BCUT2D eigenvalue weighted by Gasteiger charge is 2.27. The van der Waals surface area contributed by atoms with Gasteiger partial charge in [0.25, 0.3) is 5.91 Å². The number of halogens is 2. The molecule has 0 aliphatic carbocycles. The Kier molecular flexibility index (Phi) is 7.45. The minimum atomic E-state index is 0. The molecule has 4 rings (SSSR count). The van der Waals surface area contributed by atoms with Gasteiger partial charge in [-0.25, -0.2) is 9.67 Å². The molecule has 3 aromatic heterocycles.